The lowest BCUT2D eigenvalue weighted by molar-refractivity contribution is 0.0230. The molecule has 1 aliphatic rings. The van der Waals surface area contributed by atoms with Crippen LogP contribution in [0, 0.1) is 0 Å². The van der Waals surface area contributed by atoms with Crippen molar-refractivity contribution in [1.82, 2.24) is 28.0 Å². The van der Waals surface area contributed by atoms with Crippen molar-refractivity contribution in [1.29, 1.82) is 0 Å². The van der Waals surface area contributed by atoms with Crippen molar-refractivity contribution in [2.75, 3.05) is 135 Å². The van der Waals surface area contributed by atoms with Crippen molar-refractivity contribution in [3.05, 3.63) is 0 Å². The molecular weight excluding hydrogens is 450 g/mol. The van der Waals surface area contributed by atoms with Crippen LogP contribution in [0.3, 0.4) is 0 Å². The predicted octanol–water partition coefficient (Wildman–Crippen LogP) is 1.37. The summed E-state index contributed by atoms with van der Waals surface area (Å²) in [6.07, 6.45) is 0. The fourth-order valence-corrected chi connectivity index (χ4v) is 8.13. The van der Waals surface area contributed by atoms with Gasteiger partial charge in [-0.2, -0.15) is 0 Å². The molecule has 32 heavy (non-hydrogen) atoms. The Labute approximate surface area is 199 Å². The number of hydrogen-bond acceptors (Lipinski definition) is 10. The van der Waals surface area contributed by atoms with E-state index in [1.165, 1.54) is 0 Å². The molecule has 0 spiro atoms. The molecule has 1 saturated heterocycles. The summed E-state index contributed by atoms with van der Waals surface area (Å²) in [5.74, 6) is 0. The van der Waals surface area contributed by atoms with Crippen LogP contribution in [-0.4, -0.2) is 163 Å². The molecule has 10 nitrogen and oxygen atoms in total. The molecule has 0 radical (unpaired) electrons. The quantitative estimate of drug-likeness (QED) is 0.502. The molecule has 192 valence electrons. The molecule has 0 aliphatic carbocycles. The molecule has 1 fully saturated rings. The van der Waals surface area contributed by atoms with Crippen molar-refractivity contribution in [3.8, 4) is 0 Å². The zero-order valence-electron chi connectivity index (χ0n) is 21.7. The van der Waals surface area contributed by atoms with Gasteiger partial charge in [-0.05, 0) is 56.4 Å². The van der Waals surface area contributed by atoms with E-state index in [-0.39, 0.29) is 0 Å². The van der Waals surface area contributed by atoms with E-state index >= 15 is 0 Å². The number of hydrogen-bond donors (Lipinski definition) is 0. The minimum atomic E-state index is -0.547. The Balaban J connectivity index is 2.64. The lowest BCUT2D eigenvalue weighted by Gasteiger charge is -2.39. The Morgan fingerprint density at radius 2 is 0.625 bits per heavy atom. The molecule has 0 bridgehead atoms. The van der Waals surface area contributed by atoms with E-state index < -0.39 is 16.7 Å². The van der Waals surface area contributed by atoms with Gasteiger partial charge in [-0.1, -0.05) is 0 Å². The van der Waals surface area contributed by atoms with Crippen molar-refractivity contribution in [2.45, 2.75) is 0 Å². The second kappa shape index (κ2) is 17.8. The largest absolute Gasteiger partial charge is 0.378 e. The summed E-state index contributed by atoms with van der Waals surface area (Å²) in [6.45, 7) is 8.68. The summed E-state index contributed by atoms with van der Waals surface area (Å²) in [7, 11) is 15.9. The van der Waals surface area contributed by atoms with Gasteiger partial charge in [0.05, 0.1) is 52.9 Å². The molecule has 0 atom stereocenters. The summed E-state index contributed by atoms with van der Waals surface area (Å²) < 4.78 is 37.5. The van der Waals surface area contributed by atoms with E-state index in [4.69, 9.17) is 18.9 Å². The summed E-state index contributed by atoms with van der Waals surface area (Å²) in [5, 5.41) is 0. The standard InChI is InChI=1S/C20H48N6O4P2/c1-21(2)31(22(3)4)25-9-13-27-17-19-29-15-11-26(32(23(5)6)24(7)8)12-16-30-20-18-28-14-10-25/h9-20H2,1-8H3. The van der Waals surface area contributed by atoms with Gasteiger partial charge in [0.1, 0.15) is 16.7 Å². The molecule has 0 saturated carbocycles. The van der Waals surface area contributed by atoms with Gasteiger partial charge in [0, 0.05) is 26.2 Å². The van der Waals surface area contributed by atoms with E-state index in [1.807, 2.05) is 0 Å². The predicted molar refractivity (Wildman–Crippen MR) is 135 cm³/mol. The summed E-state index contributed by atoms with van der Waals surface area (Å²) in [6, 6.07) is 0. The highest BCUT2D eigenvalue weighted by molar-refractivity contribution is 7.50. The third-order valence-electron chi connectivity index (χ3n) is 4.66. The van der Waals surface area contributed by atoms with Gasteiger partial charge in [-0.25, -0.2) is 0 Å². The topological polar surface area (TPSA) is 56.4 Å². The van der Waals surface area contributed by atoms with Gasteiger partial charge in [0.2, 0.25) is 0 Å². The van der Waals surface area contributed by atoms with Crippen molar-refractivity contribution in [2.24, 2.45) is 0 Å². The highest BCUT2D eigenvalue weighted by Gasteiger charge is 2.24. The number of ether oxygens (including phenoxy) is 4. The van der Waals surface area contributed by atoms with E-state index in [9.17, 15) is 0 Å². The Bertz CT molecular complexity index is 390. The minimum absolute atomic E-state index is 0.547. The first-order valence-corrected chi connectivity index (χ1v) is 13.8. The summed E-state index contributed by atoms with van der Waals surface area (Å²) in [4.78, 5) is 0. The molecule has 0 N–H and O–H groups in total. The maximum atomic E-state index is 5.89. The minimum Gasteiger partial charge on any atom is -0.378 e. The van der Waals surface area contributed by atoms with Gasteiger partial charge >= 0.3 is 0 Å². The molecule has 0 unspecified atom stereocenters. The Kier molecular flexibility index (Phi) is 17.0. The lowest BCUT2D eigenvalue weighted by atomic mass is 10.6. The van der Waals surface area contributed by atoms with E-state index in [0.29, 0.717) is 52.9 Å². The maximum absolute atomic E-state index is 5.89. The third-order valence-corrected chi connectivity index (χ3v) is 9.33. The van der Waals surface area contributed by atoms with Crippen LogP contribution in [0.4, 0.5) is 0 Å². The van der Waals surface area contributed by atoms with Gasteiger partial charge in [0.15, 0.2) is 0 Å². The van der Waals surface area contributed by atoms with Gasteiger partial charge < -0.3 is 18.9 Å². The highest BCUT2D eigenvalue weighted by Crippen LogP contribution is 2.44. The van der Waals surface area contributed by atoms with Crippen LogP contribution < -0.4 is 0 Å². The van der Waals surface area contributed by atoms with Crippen molar-refractivity contribution >= 4 is 16.7 Å². The molecule has 0 aromatic rings. The molecule has 0 aromatic heterocycles. The second-order valence-electron chi connectivity index (χ2n) is 8.28. The highest BCUT2D eigenvalue weighted by atomic mass is 31.2. The summed E-state index contributed by atoms with van der Waals surface area (Å²) >= 11 is 0. The zero-order valence-corrected chi connectivity index (χ0v) is 23.5. The molecule has 1 aliphatic heterocycles. The van der Waals surface area contributed by atoms with Gasteiger partial charge in [0.25, 0.3) is 0 Å². The second-order valence-corrected chi connectivity index (χ2v) is 13.7. The number of nitrogens with zero attached hydrogens (tertiary/aromatic N) is 6. The Hall–Kier alpha value is 0.460. The van der Waals surface area contributed by atoms with Crippen LogP contribution in [0.1, 0.15) is 0 Å². The van der Waals surface area contributed by atoms with E-state index in [1.54, 1.807) is 0 Å². The first-order chi connectivity index (χ1) is 15.3. The fraction of sp³-hybridized carbons (Fsp3) is 1.00. The van der Waals surface area contributed by atoms with E-state index in [0.717, 1.165) is 26.2 Å². The average molecular weight is 499 g/mol. The molecule has 0 aromatic carbocycles. The summed E-state index contributed by atoms with van der Waals surface area (Å²) in [5.41, 5.74) is 0. The van der Waals surface area contributed by atoms with Gasteiger partial charge in [-0.15, -0.1) is 0 Å². The van der Waals surface area contributed by atoms with E-state index in [2.05, 4.69) is 84.4 Å². The molecule has 1 heterocycles. The first kappa shape index (κ1) is 30.5. The molecule has 0 amide bonds. The average Bonchev–Trinajstić information content (AvgIpc) is 2.69. The van der Waals surface area contributed by atoms with Crippen molar-refractivity contribution in [3.63, 3.8) is 0 Å². The van der Waals surface area contributed by atoms with Crippen LogP contribution in [0.5, 0.6) is 0 Å². The fourth-order valence-electron chi connectivity index (χ4n) is 3.63. The van der Waals surface area contributed by atoms with Crippen molar-refractivity contribution < 1.29 is 18.9 Å². The maximum Gasteiger partial charge on any atom is 0.119 e. The van der Waals surface area contributed by atoms with Crippen LogP contribution in [0.2, 0.25) is 0 Å². The zero-order chi connectivity index (χ0) is 23.9. The van der Waals surface area contributed by atoms with Crippen LogP contribution >= 0.6 is 16.7 Å². The van der Waals surface area contributed by atoms with Crippen LogP contribution in [0.15, 0.2) is 0 Å². The Morgan fingerprint density at radius 1 is 0.406 bits per heavy atom. The molecule has 12 heteroatoms. The van der Waals surface area contributed by atoms with Crippen LogP contribution in [-0.2, 0) is 18.9 Å². The Morgan fingerprint density at radius 3 is 0.812 bits per heavy atom. The third kappa shape index (κ3) is 12.2. The normalized spacial score (nSPS) is 21.2. The van der Waals surface area contributed by atoms with Gasteiger partial charge in [-0.3, -0.25) is 28.0 Å². The van der Waals surface area contributed by atoms with Crippen LogP contribution in [0.25, 0.3) is 0 Å². The molecule has 1 rings (SSSR count). The molecular formula is C20H48N6O4P2. The smallest absolute Gasteiger partial charge is 0.119 e. The lowest BCUT2D eigenvalue weighted by Crippen LogP contribution is -2.36. The SMILES string of the molecule is CN(C)P(N(C)C)N1CCOCCOCCN(P(N(C)C)N(C)C)CCOCCOCC1. The monoisotopic (exact) mass is 498 g/mol. The number of rotatable bonds is 6. The first-order valence-electron chi connectivity index (χ1n) is 11.4.